The fourth-order valence-corrected chi connectivity index (χ4v) is 3.02. The average Bonchev–Trinajstić information content (AvgIpc) is 3.09. The van der Waals surface area contributed by atoms with Crippen molar-refractivity contribution >= 4 is 18.3 Å². The minimum atomic E-state index is 0. The molecule has 0 spiro atoms. The SMILES string of the molecule is CC1CCN(C(=O)CCc2nc(-c3ncccn3)no2)C(CN)C1.Cl. The lowest BCUT2D eigenvalue weighted by Gasteiger charge is -2.38. The van der Waals surface area contributed by atoms with Crippen molar-refractivity contribution in [2.45, 2.75) is 38.6 Å². The molecule has 0 bridgehead atoms. The third kappa shape index (κ3) is 4.73. The molecule has 2 aromatic rings. The molecular weight excluding hydrogens is 344 g/mol. The summed E-state index contributed by atoms with van der Waals surface area (Å²) in [5, 5.41) is 3.86. The summed E-state index contributed by atoms with van der Waals surface area (Å²) in [5.74, 6) is 1.87. The maximum Gasteiger partial charge on any atom is 0.240 e. The minimum Gasteiger partial charge on any atom is -0.339 e. The van der Waals surface area contributed by atoms with Crippen LogP contribution in [0.3, 0.4) is 0 Å². The van der Waals surface area contributed by atoms with Crippen LogP contribution >= 0.6 is 12.4 Å². The molecule has 0 aliphatic carbocycles. The molecule has 0 aromatic carbocycles. The number of nitrogens with two attached hydrogens (primary N) is 1. The van der Waals surface area contributed by atoms with Crippen molar-refractivity contribution in [3.05, 3.63) is 24.4 Å². The second-order valence-corrected chi connectivity index (χ2v) is 6.19. The van der Waals surface area contributed by atoms with Crippen LogP contribution in [-0.4, -0.2) is 50.0 Å². The largest absolute Gasteiger partial charge is 0.339 e. The van der Waals surface area contributed by atoms with E-state index in [1.54, 1.807) is 18.5 Å². The van der Waals surface area contributed by atoms with Gasteiger partial charge in [-0.15, -0.1) is 12.4 Å². The van der Waals surface area contributed by atoms with Crippen LogP contribution in [0.5, 0.6) is 0 Å². The molecule has 0 saturated carbocycles. The van der Waals surface area contributed by atoms with Gasteiger partial charge in [0, 0.05) is 44.4 Å². The van der Waals surface area contributed by atoms with E-state index in [1.165, 1.54) is 0 Å². The number of rotatable bonds is 5. The molecule has 136 valence electrons. The van der Waals surface area contributed by atoms with Crippen LogP contribution in [0.25, 0.3) is 11.6 Å². The average molecular weight is 367 g/mol. The van der Waals surface area contributed by atoms with Crippen molar-refractivity contribution in [3.8, 4) is 11.6 Å². The lowest BCUT2D eigenvalue weighted by atomic mass is 9.92. The van der Waals surface area contributed by atoms with Gasteiger partial charge in [0.25, 0.3) is 0 Å². The third-order valence-electron chi connectivity index (χ3n) is 4.36. The highest BCUT2D eigenvalue weighted by Crippen LogP contribution is 2.23. The molecule has 2 aromatic heterocycles. The van der Waals surface area contributed by atoms with Crippen LogP contribution in [0, 0.1) is 5.92 Å². The monoisotopic (exact) mass is 366 g/mol. The Morgan fingerprint density at radius 3 is 2.84 bits per heavy atom. The number of aryl methyl sites for hydroxylation is 1. The van der Waals surface area contributed by atoms with Crippen LogP contribution in [0.2, 0.25) is 0 Å². The van der Waals surface area contributed by atoms with Gasteiger partial charge in [0.1, 0.15) is 0 Å². The van der Waals surface area contributed by atoms with E-state index in [-0.39, 0.29) is 24.4 Å². The first-order chi connectivity index (χ1) is 11.7. The van der Waals surface area contributed by atoms with Gasteiger partial charge in [-0.25, -0.2) is 9.97 Å². The number of carbonyl (C=O) groups excluding carboxylic acids is 1. The first kappa shape index (κ1) is 19.3. The molecule has 25 heavy (non-hydrogen) atoms. The maximum absolute atomic E-state index is 12.5. The number of carbonyl (C=O) groups is 1. The summed E-state index contributed by atoms with van der Waals surface area (Å²) in [7, 11) is 0. The quantitative estimate of drug-likeness (QED) is 0.852. The number of hydrogen-bond donors (Lipinski definition) is 1. The summed E-state index contributed by atoms with van der Waals surface area (Å²) < 4.78 is 5.19. The summed E-state index contributed by atoms with van der Waals surface area (Å²) in [6.45, 7) is 3.48. The highest BCUT2D eigenvalue weighted by atomic mass is 35.5. The van der Waals surface area contributed by atoms with Gasteiger partial charge in [-0.05, 0) is 24.8 Å². The molecule has 2 unspecified atom stereocenters. The standard InChI is InChI=1S/C16H22N6O2.ClH/c1-11-5-8-22(12(9-11)10-17)14(23)4-3-13-20-16(21-24-13)15-18-6-2-7-19-15;/h2,6-7,11-12H,3-5,8-10,17H2,1H3;1H. The second-order valence-electron chi connectivity index (χ2n) is 6.19. The summed E-state index contributed by atoms with van der Waals surface area (Å²) >= 11 is 0. The van der Waals surface area contributed by atoms with Crippen LogP contribution in [0.15, 0.2) is 23.0 Å². The topological polar surface area (TPSA) is 111 Å². The van der Waals surface area contributed by atoms with E-state index in [9.17, 15) is 4.79 Å². The number of amides is 1. The van der Waals surface area contributed by atoms with E-state index in [0.29, 0.717) is 42.8 Å². The van der Waals surface area contributed by atoms with Crippen molar-refractivity contribution in [2.75, 3.05) is 13.1 Å². The molecule has 1 aliphatic rings. The molecule has 0 radical (unpaired) electrons. The van der Waals surface area contributed by atoms with E-state index in [4.69, 9.17) is 10.3 Å². The van der Waals surface area contributed by atoms with E-state index in [0.717, 1.165) is 19.4 Å². The Kier molecular flexibility index (Phi) is 6.83. The predicted molar refractivity (Wildman–Crippen MR) is 93.8 cm³/mol. The molecule has 3 rings (SSSR count). The van der Waals surface area contributed by atoms with Crippen molar-refractivity contribution in [3.63, 3.8) is 0 Å². The van der Waals surface area contributed by atoms with Crippen molar-refractivity contribution in [1.82, 2.24) is 25.0 Å². The van der Waals surface area contributed by atoms with Gasteiger partial charge in [-0.1, -0.05) is 12.1 Å². The third-order valence-corrected chi connectivity index (χ3v) is 4.36. The highest BCUT2D eigenvalue weighted by molar-refractivity contribution is 5.85. The Morgan fingerprint density at radius 1 is 1.36 bits per heavy atom. The molecule has 1 amide bonds. The van der Waals surface area contributed by atoms with Gasteiger partial charge < -0.3 is 15.2 Å². The summed E-state index contributed by atoms with van der Waals surface area (Å²) in [6.07, 6.45) is 5.97. The summed E-state index contributed by atoms with van der Waals surface area (Å²) in [5.41, 5.74) is 5.82. The first-order valence-corrected chi connectivity index (χ1v) is 8.27. The van der Waals surface area contributed by atoms with E-state index >= 15 is 0 Å². The number of nitrogens with zero attached hydrogens (tertiary/aromatic N) is 5. The molecule has 8 nitrogen and oxygen atoms in total. The van der Waals surface area contributed by atoms with Crippen LogP contribution in [-0.2, 0) is 11.2 Å². The normalized spacial score (nSPS) is 20.2. The van der Waals surface area contributed by atoms with Crippen LogP contribution in [0.1, 0.15) is 32.1 Å². The van der Waals surface area contributed by atoms with Crippen molar-refractivity contribution in [1.29, 1.82) is 0 Å². The van der Waals surface area contributed by atoms with Gasteiger partial charge in [-0.3, -0.25) is 4.79 Å². The molecule has 1 fully saturated rings. The second kappa shape index (κ2) is 8.87. The minimum absolute atomic E-state index is 0. The van der Waals surface area contributed by atoms with Gasteiger partial charge in [0.15, 0.2) is 0 Å². The molecule has 1 aliphatic heterocycles. The fraction of sp³-hybridized carbons (Fsp3) is 0.562. The number of hydrogen-bond acceptors (Lipinski definition) is 7. The Morgan fingerprint density at radius 2 is 2.12 bits per heavy atom. The Labute approximate surface area is 152 Å². The summed E-state index contributed by atoms with van der Waals surface area (Å²) in [6, 6.07) is 1.86. The van der Waals surface area contributed by atoms with Crippen molar-refractivity contribution < 1.29 is 9.32 Å². The summed E-state index contributed by atoms with van der Waals surface area (Å²) in [4.78, 5) is 26.8. The maximum atomic E-state index is 12.5. The number of halogens is 1. The Bertz CT molecular complexity index is 680. The van der Waals surface area contributed by atoms with Gasteiger partial charge in [-0.2, -0.15) is 4.98 Å². The van der Waals surface area contributed by atoms with E-state index < -0.39 is 0 Å². The zero-order chi connectivity index (χ0) is 16.9. The van der Waals surface area contributed by atoms with Gasteiger partial charge >= 0.3 is 0 Å². The molecule has 1 saturated heterocycles. The van der Waals surface area contributed by atoms with E-state index in [2.05, 4.69) is 27.0 Å². The molecular formula is C16H23ClN6O2. The smallest absolute Gasteiger partial charge is 0.240 e. The van der Waals surface area contributed by atoms with Crippen LogP contribution < -0.4 is 5.73 Å². The number of aromatic nitrogens is 4. The van der Waals surface area contributed by atoms with Crippen LogP contribution in [0.4, 0.5) is 0 Å². The predicted octanol–water partition coefficient (Wildman–Crippen LogP) is 1.47. The highest BCUT2D eigenvalue weighted by Gasteiger charge is 2.28. The molecule has 2 N–H and O–H groups in total. The first-order valence-electron chi connectivity index (χ1n) is 8.27. The van der Waals surface area contributed by atoms with E-state index in [1.807, 2.05) is 4.90 Å². The van der Waals surface area contributed by atoms with Gasteiger partial charge in [0.2, 0.25) is 23.4 Å². The number of likely N-dealkylation sites (tertiary alicyclic amines) is 1. The zero-order valence-electron chi connectivity index (χ0n) is 14.2. The Hall–Kier alpha value is -2.06. The van der Waals surface area contributed by atoms with Gasteiger partial charge in [0.05, 0.1) is 0 Å². The molecule has 2 atom stereocenters. The molecule has 9 heteroatoms. The lowest BCUT2D eigenvalue weighted by molar-refractivity contribution is -0.135. The zero-order valence-corrected chi connectivity index (χ0v) is 15.0. The Balaban J connectivity index is 0.00000225. The lowest BCUT2D eigenvalue weighted by Crippen LogP contribution is -2.49. The fourth-order valence-electron chi connectivity index (χ4n) is 3.02. The van der Waals surface area contributed by atoms with Crippen molar-refractivity contribution in [2.24, 2.45) is 11.7 Å². The number of piperidine rings is 1. The molecule has 3 heterocycles.